The van der Waals surface area contributed by atoms with Crippen LogP contribution >= 0.6 is 0 Å². The number of rotatable bonds is 2. The van der Waals surface area contributed by atoms with Crippen LogP contribution < -0.4 is 4.74 Å². The van der Waals surface area contributed by atoms with E-state index in [0.717, 1.165) is 0 Å². The van der Waals surface area contributed by atoms with Crippen molar-refractivity contribution in [1.29, 1.82) is 0 Å². The van der Waals surface area contributed by atoms with Gasteiger partial charge in [-0.1, -0.05) is 5.10 Å². The van der Waals surface area contributed by atoms with Crippen molar-refractivity contribution in [2.75, 3.05) is 6.61 Å². The van der Waals surface area contributed by atoms with Gasteiger partial charge in [-0.3, -0.25) is 4.57 Å². The molecule has 68 valence electrons. The predicted molar refractivity (Wildman–Crippen MR) is 46.2 cm³/mol. The third kappa shape index (κ3) is 1.75. The zero-order chi connectivity index (χ0) is 9.19. The molecule has 0 spiro atoms. The summed E-state index contributed by atoms with van der Waals surface area (Å²) in [6.45, 7) is 8.80. The molecule has 0 bridgehead atoms. The zero-order valence-corrected chi connectivity index (χ0v) is 8.03. The topological polar surface area (TPSA) is 39.9 Å². The van der Waals surface area contributed by atoms with Crippen molar-refractivity contribution in [3.8, 4) is 6.01 Å². The van der Waals surface area contributed by atoms with Gasteiger partial charge in [0.15, 0.2) is 0 Å². The summed E-state index contributed by atoms with van der Waals surface area (Å²) in [5, 5.41) is 7.66. The van der Waals surface area contributed by atoms with Gasteiger partial charge in [0.05, 0.1) is 6.61 Å². The number of nitrogens with zero attached hydrogens (tertiary/aromatic N) is 3. The molecule has 0 N–H and O–H groups in total. The summed E-state index contributed by atoms with van der Waals surface area (Å²) < 4.78 is 7.21. The largest absolute Gasteiger partial charge is 0.464 e. The molecule has 0 fully saturated rings. The minimum atomic E-state index is -0.0198. The molecule has 4 nitrogen and oxygen atoms in total. The van der Waals surface area contributed by atoms with Crippen LogP contribution in [0.4, 0.5) is 0 Å². The summed E-state index contributed by atoms with van der Waals surface area (Å²) >= 11 is 0. The van der Waals surface area contributed by atoms with Crippen molar-refractivity contribution in [3.63, 3.8) is 0 Å². The minimum Gasteiger partial charge on any atom is -0.464 e. The molecular weight excluding hydrogens is 154 g/mol. The van der Waals surface area contributed by atoms with E-state index >= 15 is 0 Å². The Balaban J connectivity index is 2.91. The number of hydrogen-bond acceptors (Lipinski definition) is 3. The molecule has 0 unspecified atom stereocenters. The second-order valence-electron chi connectivity index (χ2n) is 3.59. The van der Waals surface area contributed by atoms with Gasteiger partial charge in [-0.25, -0.2) is 0 Å². The van der Waals surface area contributed by atoms with Crippen LogP contribution in [0, 0.1) is 0 Å². The fourth-order valence-electron chi connectivity index (χ4n) is 0.912. The summed E-state index contributed by atoms with van der Waals surface area (Å²) in [6.07, 6.45) is 1.69. The van der Waals surface area contributed by atoms with E-state index in [1.54, 1.807) is 6.33 Å². The van der Waals surface area contributed by atoms with Crippen LogP contribution in [0.2, 0.25) is 0 Å². The maximum atomic E-state index is 5.29. The summed E-state index contributed by atoms with van der Waals surface area (Å²) in [4.78, 5) is 0. The lowest BCUT2D eigenvalue weighted by molar-refractivity contribution is 0.260. The van der Waals surface area contributed by atoms with Crippen LogP contribution in [0.5, 0.6) is 6.01 Å². The Kier molecular flexibility index (Phi) is 2.35. The molecular formula is C8H15N3O. The van der Waals surface area contributed by atoms with Crippen LogP contribution in [0.1, 0.15) is 27.7 Å². The van der Waals surface area contributed by atoms with Crippen molar-refractivity contribution in [2.24, 2.45) is 0 Å². The average Bonchev–Trinajstić information content (AvgIpc) is 2.34. The molecule has 0 atom stereocenters. The van der Waals surface area contributed by atoms with E-state index in [0.29, 0.717) is 12.6 Å². The summed E-state index contributed by atoms with van der Waals surface area (Å²) in [7, 11) is 0. The highest BCUT2D eigenvalue weighted by atomic mass is 16.5. The van der Waals surface area contributed by atoms with Gasteiger partial charge in [-0.15, -0.1) is 5.10 Å². The van der Waals surface area contributed by atoms with Crippen LogP contribution in [0.15, 0.2) is 6.33 Å². The number of ether oxygens (including phenoxy) is 1. The molecule has 0 amide bonds. The fourth-order valence-corrected chi connectivity index (χ4v) is 0.912. The molecule has 0 saturated heterocycles. The Hall–Kier alpha value is -1.06. The monoisotopic (exact) mass is 169 g/mol. The van der Waals surface area contributed by atoms with Crippen LogP contribution in [-0.2, 0) is 5.54 Å². The summed E-state index contributed by atoms with van der Waals surface area (Å²) in [5.74, 6) is 0. The lowest BCUT2D eigenvalue weighted by Crippen LogP contribution is -2.22. The second kappa shape index (κ2) is 3.13. The lowest BCUT2D eigenvalue weighted by Gasteiger charge is -2.21. The number of hydrogen-bond donors (Lipinski definition) is 0. The summed E-state index contributed by atoms with van der Waals surface area (Å²) in [6, 6.07) is 0.588. The molecule has 0 aromatic carbocycles. The maximum Gasteiger partial charge on any atom is 0.317 e. The Bertz CT molecular complexity index is 249. The second-order valence-corrected chi connectivity index (χ2v) is 3.59. The fraction of sp³-hybridized carbons (Fsp3) is 0.750. The molecule has 1 aromatic heterocycles. The maximum absolute atomic E-state index is 5.29. The van der Waals surface area contributed by atoms with E-state index < -0.39 is 0 Å². The Labute approximate surface area is 72.6 Å². The molecule has 0 radical (unpaired) electrons. The van der Waals surface area contributed by atoms with Gasteiger partial charge in [0.25, 0.3) is 0 Å². The first-order valence-corrected chi connectivity index (χ1v) is 4.09. The van der Waals surface area contributed by atoms with Crippen molar-refractivity contribution >= 4 is 0 Å². The first kappa shape index (κ1) is 9.03. The van der Waals surface area contributed by atoms with Crippen LogP contribution in [0.25, 0.3) is 0 Å². The van der Waals surface area contributed by atoms with E-state index in [4.69, 9.17) is 4.74 Å². The van der Waals surface area contributed by atoms with E-state index in [2.05, 4.69) is 31.0 Å². The van der Waals surface area contributed by atoms with E-state index in [1.165, 1.54) is 0 Å². The molecule has 1 aromatic rings. The zero-order valence-electron chi connectivity index (χ0n) is 8.03. The third-order valence-corrected chi connectivity index (χ3v) is 1.51. The van der Waals surface area contributed by atoms with E-state index in [9.17, 15) is 0 Å². The van der Waals surface area contributed by atoms with Gasteiger partial charge in [0, 0.05) is 5.54 Å². The van der Waals surface area contributed by atoms with Crippen molar-refractivity contribution in [2.45, 2.75) is 33.2 Å². The Morgan fingerprint density at radius 2 is 2.17 bits per heavy atom. The number of aromatic nitrogens is 3. The summed E-state index contributed by atoms with van der Waals surface area (Å²) in [5.41, 5.74) is -0.0198. The molecule has 1 heterocycles. The van der Waals surface area contributed by atoms with Crippen LogP contribution in [0.3, 0.4) is 0 Å². The molecule has 0 aliphatic carbocycles. The van der Waals surface area contributed by atoms with E-state index in [1.807, 2.05) is 11.5 Å². The highest BCUT2D eigenvalue weighted by Crippen LogP contribution is 2.19. The van der Waals surface area contributed by atoms with Crippen molar-refractivity contribution < 1.29 is 4.74 Å². The first-order valence-electron chi connectivity index (χ1n) is 4.09. The van der Waals surface area contributed by atoms with Crippen LogP contribution in [-0.4, -0.2) is 21.4 Å². The normalized spacial score (nSPS) is 11.7. The molecule has 0 aliphatic rings. The molecule has 0 saturated carbocycles. The quantitative estimate of drug-likeness (QED) is 0.672. The predicted octanol–water partition coefficient (Wildman–Crippen LogP) is 1.43. The van der Waals surface area contributed by atoms with Gasteiger partial charge in [0.1, 0.15) is 6.33 Å². The third-order valence-electron chi connectivity index (χ3n) is 1.51. The lowest BCUT2D eigenvalue weighted by atomic mass is 10.1. The highest BCUT2D eigenvalue weighted by molar-refractivity contribution is 4.97. The van der Waals surface area contributed by atoms with Gasteiger partial charge in [-0.2, -0.15) is 0 Å². The SMILES string of the molecule is CCOc1nncn1C(C)(C)C. The molecule has 1 rings (SSSR count). The average molecular weight is 169 g/mol. The molecule has 4 heteroatoms. The molecule has 0 aliphatic heterocycles. The smallest absolute Gasteiger partial charge is 0.317 e. The minimum absolute atomic E-state index is 0.0198. The van der Waals surface area contributed by atoms with Crippen molar-refractivity contribution in [3.05, 3.63) is 6.33 Å². The van der Waals surface area contributed by atoms with Gasteiger partial charge >= 0.3 is 6.01 Å². The van der Waals surface area contributed by atoms with Gasteiger partial charge < -0.3 is 4.74 Å². The standard InChI is InChI=1S/C8H15N3O/c1-5-12-7-10-9-6-11(7)8(2,3)4/h6H,5H2,1-4H3. The molecule has 12 heavy (non-hydrogen) atoms. The highest BCUT2D eigenvalue weighted by Gasteiger charge is 2.17. The van der Waals surface area contributed by atoms with E-state index in [-0.39, 0.29) is 5.54 Å². The van der Waals surface area contributed by atoms with Crippen molar-refractivity contribution in [1.82, 2.24) is 14.8 Å². The Morgan fingerprint density at radius 3 is 2.67 bits per heavy atom. The Morgan fingerprint density at radius 1 is 1.50 bits per heavy atom. The van der Waals surface area contributed by atoms with Gasteiger partial charge in [0.2, 0.25) is 0 Å². The van der Waals surface area contributed by atoms with Gasteiger partial charge in [-0.05, 0) is 27.7 Å². The first-order chi connectivity index (χ1) is 5.55.